The number of nitrogens with zero attached hydrogens (tertiary/aromatic N) is 2. The third-order valence-corrected chi connectivity index (χ3v) is 7.36. The fourth-order valence-corrected chi connectivity index (χ4v) is 5.22. The van der Waals surface area contributed by atoms with E-state index in [2.05, 4.69) is 5.10 Å². The minimum absolute atomic E-state index is 0.435. The summed E-state index contributed by atoms with van der Waals surface area (Å²) in [5.74, 6) is -0.325. The summed E-state index contributed by atoms with van der Waals surface area (Å²) < 4.78 is 11.1. The maximum Gasteiger partial charge on any atom is 0.324 e. The van der Waals surface area contributed by atoms with Gasteiger partial charge in [0.25, 0.3) is 5.91 Å². The molecule has 0 N–H and O–H groups in total. The summed E-state index contributed by atoms with van der Waals surface area (Å²) in [5, 5.41) is 5.92. The molecule has 0 radical (unpaired) electrons. The third-order valence-electron chi connectivity index (χ3n) is 5.87. The number of furan rings is 1. The van der Waals surface area contributed by atoms with Crippen molar-refractivity contribution >= 4 is 41.0 Å². The van der Waals surface area contributed by atoms with Crippen molar-refractivity contribution in [3.63, 3.8) is 0 Å². The summed E-state index contributed by atoms with van der Waals surface area (Å²) in [6.45, 7) is -0.438. The maximum atomic E-state index is 13.3. The average Bonchev–Trinajstić information content (AvgIpc) is 3.62. The number of carbonyl (C=O) groups excluding carboxylic acids is 2. The highest BCUT2D eigenvalue weighted by Crippen LogP contribution is 2.37. The molecular formula is C29H23ClN2O4S. The fourth-order valence-electron chi connectivity index (χ4n) is 4.05. The van der Waals surface area contributed by atoms with Gasteiger partial charge in [-0.3, -0.25) is 9.59 Å². The minimum Gasteiger partial charge on any atom is -0.467 e. The first-order chi connectivity index (χ1) is 18.1. The lowest BCUT2D eigenvalue weighted by atomic mass is 10.0. The zero-order chi connectivity index (χ0) is 25.6. The monoisotopic (exact) mass is 530 g/mol. The first kappa shape index (κ1) is 24.9. The Morgan fingerprint density at radius 1 is 0.973 bits per heavy atom. The molecule has 0 spiro atoms. The molecule has 6 nitrogen and oxygen atoms in total. The second-order valence-corrected chi connectivity index (χ2v) is 9.97. The van der Waals surface area contributed by atoms with Gasteiger partial charge in [0, 0.05) is 16.3 Å². The van der Waals surface area contributed by atoms with E-state index in [0.29, 0.717) is 17.2 Å². The molecule has 0 saturated carbocycles. The van der Waals surface area contributed by atoms with Crippen molar-refractivity contribution in [3.05, 3.63) is 125 Å². The fraction of sp³-hybridized carbons (Fsp3) is 0.138. The summed E-state index contributed by atoms with van der Waals surface area (Å²) >= 11 is 7.41. The number of ether oxygens (including phenoxy) is 1. The standard InChI is InChI=1S/C29H23ClN2O4S/c30-22-15-13-20(14-16-22)24-18-25(26-12-7-17-35-26)32(31-24)27(33)19-36-29(34)28(21-8-3-1-4-9-21)37-23-10-5-2-6-11-23/h1-17,25,28H,18-19H2/t25-,28+/m1/s1. The molecule has 0 unspecified atom stereocenters. The normalized spacial score (nSPS) is 15.8. The van der Waals surface area contributed by atoms with Crippen LogP contribution in [0.15, 0.2) is 118 Å². The van der Waals surface area contributed by atoms with Crippen LogP contribution in [-0.4, -0.2) is 29.2 Å². The van der Waals surface area contributed by atoms with Crippen LogP contribution in [0.1, 0.15) is 34.6 Å². The number of thioether (sulfide) groups is 1. The van der Waals surface area contributed by atoms with Crippen molar-refractivity contribution < 1.29 is 18.7 Å². The van der Waals surface area contributed by atoms with E-state index in [1.165, 1.54) is 16.8 Å². The van der Waals surface area contributed by atoms with Gasteiger partial charge >= 0.3 is 5.97 Å². The minimum atomic E-state index is -0.621. The van der Waals surface area contributed by atoms with Crippen molar-refractivity contribution in [2.75, 3.05) is 6.61 Å². The Kier molecular flexibility index (Phi) is 7.73. The zero-order valence-corrected chi connectivity index (χ0v) is 21.3. The van der Waals surface area contributed by atoms with E-state index >= 15 is 0 Å². The number of benzene rings is 3. The van der Waals surface area contributed by atoms with Gasteiger partial charge in [0.2, 0.25) is 0 Å². The Labute approximate surface area is 223 Å². The van der Waals surface area contributed by atoms with Crippen LogP contribution in [0.2, 0.25) is 5.02 Å². The van der Waals surface area contributed by atoms with Crippen LogP contribution in [0.4, 0.5) is 0 Å². The molecule has 5 rings (SSSR count). The Morgan fingerprint density at radius 2 is 1.68 bits per heavy atom. The largest absolute Gasteiger partial charge is 0.467 e. The molecule has 2 heterocycles. The highest BCUT2D eigenvalue weighted by molar-refractivity contribution is 8.00. The van der Waals surface area contributed by atoms with Crippen molar-refractivity contribution in [1.82, 2.24) is 5.01 Å². The van der Waals surface area contributed by atoms with Gasteiger partial charge in [0.1, 0.15) is 17.1 Å². The SMILES string of the molecule is O=C(OCC(=O)N1N=C(c2ccc(Cl)cc2)C[C@@H]1c1ccco1)[C@@H](Sc1ccccc1)c1ccccc1. The molecule has 186 valence electrons. The molecule has 0 saturated heterocycles. The molecule has 4 aromatic rings. The first-order valence-electron chi connectivity index (χ1n) is 11.7. The van der Waals surface area contributed by atoms with Gasteiger partial charge in [0.15, 0.2) is 6.61 Å². The quantitative estimate of drug-likeness (QED) is 0.187. The van der Waals surface area contributed by atoms with E-state index in [9.17, 15) is 9.59 Å². The third kappa shape index (κ3) is 5.96. The number of halogens is 1. The predicted molar refractivity (Wildman–Crippen MR) is 143 cm³/mol. The molecule has 1 amide bonds. The van der Waals surface area contributed by atoms with E-state index in [1.54, 1.807) is 30.5 Å². The molecular weight excluding hydrogens is 508 g/mol. The van der Waals surface area contributed by atoms with Crippen LogP contribution >= 0.6 is 23.4 Å². The molecule has 0 fully saturated rings. The number of hydrazone groups is 1. The van der Waals surface area contributed by atoms with Gasteiger partial charge in [-0.1, -0.05) is 72.3 Å². The molecule has 1 aliphatic heterocycles. The van der Waals surface area contributed by atoms with E-state index in [4.69, 9.17) is 20.8 Å². The van der Waals surface area contributed by atoms with Crippen molar-refractivity contribution in [3.8, 4) is 0 Å². The van der Waals surface area contributed by atoms with Crippen LogP contribution in [0.5, 0.6) is 0 Å². The van der Waals surface area contributed by atoms with Crippen molar-refractivity contribution in [2.45, 2.75) is 22.6 Å². The van der Waals surface area contributed by atoms with E-state index in [0.717, 1.165) is 21.7 Å². The van der Waals surface area contributed by atoms with Crippen LogP contribution in [-0.2, 0) is 14.3 Å². The molecule has 1 aromatic heterocycles. The lowest BCUT2D eigenvalue weighted by Gasteiger charge is -2.21. The van der Waals surface area contributed by atoms with E-state index in [1.807, 2.05) is 72.8 Å². The number of carbonyl (C=O) groups is 2. The predicted octanol–water partition coefficient (Wildman–Crippen LogP) is 6.69. The molecule has 0 aliphatic carbocycles. The zero-order valence-electron chi connectivity index (χ0n) is 19.7. The molecule has 1 aliphatic rings. The summed E-state index contributed by atoms with van der Waals surface area (Å²) in [4.78, 5) is 27.4. The first-order valence-corrected chi connectivity index (χ1v) is 13.0. The van der Waals surface area contributed by atoms with Gasteiger partial charge in [-0.2, -0.15) is 5.10 Å². The Morgan fingerprint density at radius 3 is 2.35 bits per heavy atom. The highest BCUT2D eigenvalue weighted by atomic mass is 35.5. The van der Waals surface area contributed by atoms with Crippen LogP contribution < -0.4 is 0 Å². The highest BCUT2D eigenvalue weighted by Gasteiger charge is 2.35. The van der Waals surface area contributed by atoms with E-state index in [-0.39, 0.29) is 0 Å². The molecule has 0 bridgehead atoms. The number of hydrogen-bond donors (Lipinski definition) is 0. The summed E-state index contributed by atoms with van der Waals surface area (Å²) in [5.41, 5.74) is 2.38. The number of amides is 1. The summed E-state index contributed by atoms with van der Waals surface area (Å²) in [6.07, 6.45) is 2.02. The van der Waals surface area contributed by atoms with Crippen LogP contribution in [0.25, 0.3) is 0 Å². The summed E-state index contributed by atoms with van der Waals surface area (Å²) in [7, 11) is 0. The van der Waals surface area contributed by atoms with Gasteiger partial charge in [-0.05, 0) is 47.5 Å². The number of esters is 1. The Balaban J connectivity index is 1.33. The molecule has 2 atom stereocenters. The summed E-state index contributed by atoms with van der Waals surface area (Å²) in [6, 6.07) is 29.4. The van der Waals surface area contributed by atoms with E-state index < -0.39 is 29.8 Å². The van der Waals surface area contributed by atoms with Gasteiger partial charge in [0.05, 0.1) is 12.0 Å². The molecule has 8 heteroatoms. The maximum absolute atomic E-state index is 13.3. The molecule has 37 heavy (non-hydrogen) atoms. The average molecular weight is 531 g/mol. The second-order valence-electron chi connectivity index (χ2n) is 8.36. The lowest BCUT2D eigenvalue weighted by molar-refractivity contribution is -0.152. The smallest absolute Gasteiger partial charge is 0.324 e. The second kappa shape index (κ2) is 11.5. The number of hydrogen-bond acceptors (Lipinski definition) is 6. The van der Waals surface area contributed by atoms with Crippen molar-refractivity contribution in [2.24, 2.45) is 5.10 Å². The lowest BCUT2D eigenvalue weighted by Crippen LogP contribution is -2.31. The Bertz CT molecular complexity index is 1380. The van der Waals surface area contributed by atoms with Gasteiger partial charge < -0.3 is 9.15 Å². The van der Waals surface area contributed by atoms with Crippen molar-refractivity contribution in [1.29, 1.82) is 0 Å². The van der Waals surface area contributed by atoms with Crippen LogP contribution in [0, 0.1) is 0 Å². The van der Waals surface area contributed by atoms with Gasteiger partial charge in [-0.25, -0.2) is 5.01 Å². The molecule has 3 aromatic carbocycles. The topological polar surface area (TPSA) is 72.1 Å². The Hall–Kier alpha value is -3.81. The number of rotatable bonds is 8. The van der Waals surface area contributed by atoms with Gasteiger partial charge in [-0.15, -0.1) is 11.8 Å². The van der Waals surface area contributed by atoms with Crippen LogP contribution in [0.3, 0.4) is 0 Å².